The number of nitrogens with two attached hydrogens (primary N) is 1. The van der Waals surface area contributed by atoms with Crippen LogP contribution in [0, 0.1) is 12.8 Å². The fourth-order valence-electron chi connectivity index (χ4n) is 2.53. The van der Waals surface area contributed by atoms with Gasteiger partial charge in [-0.2, -0.15) is 0 Å². The first-order chi connectivity index (χ1) is 8.01. The van der Waals surface area contributed by atoms with Crippen molar-refractivity contribution in [3.8, 4) is 0 Å². The van der Waals surface area contributed by atoms with E-state index in [1.54, 1.807) is 6.92 Å². The third kappa shape index (κ3) is 2.24. The lowest BCUT2D eigenvalue weighted by Crippen LogP contribution is -2.15. The van der Waals surface area contributed by atoms with Gasteiger partial charge in [-0.15, -0.1) is 0 Å². The average Bonchev–Trinajstić information content (AvgIpc) is 3.05. The van der Waals surface area contributed by atoms with Gasteiger partial charge in [-0.05, 0) is 24.9 Å². The van der Waals surface area contributed by atoms with Gasteiger partial charge in [0.1, 0.15) is 0 Å². The molecule has 1 aromatic carbocycles. The molecule has 94 valence electrons. The molecule has 2 rings (SSSR count). The van der Waals surface area contributed by atoms with E-state index in [2.05, 4.69) is 0 Å². The minimum absolute atomic E-state index is 0.0997. The molecule has 1 aliphatic rings. The molecule has 4 heteroatoms. The van der Waals surface area contributed by atoms with Gasteiger partial charge in [-0.1, -0.05) is 36.8 Å². The fraction of sp³-hybridized carbons (Fsp3) is 0.538. The normalized spacial score (nSPS) is 28.1. The van der Waals surface area contributed by atoms with Crippen LogP contribution < -0.4 is 5.73 Å². The molecule has 0 bridgehead atoms. The molecule has 0 heterocycles. The van der Waals surface area contributed by atoms with E-state index >= 15 is 0 Å². The zero-order chi connectivity index (χ0) is 12.6. The SMILES string of the molecule is CCS(=O)(=O)[C@@H]1[C@@H](CN)[C@@H]1c1ccc(C)cc1. The van der Waals surface area contributed by atoms with Gasteiger partial charge in [-0.25, -0.2) is 8.42 Å². The van der Waals surface area contributed by atoms with Crippen LogP contribution in [0.3, 0.4) is 0 Å². The molecule has 0 aromatic heterocycles. The lowest BCUT2D eigenvalue weighted by Gasteiger charge is -2.01. The highest BCUT2D eigenvalue weighted by molar-refractivity contribution is 7.92. The Kier molecular flexibility index (Phi) is 3.27. The lowest BCUT2D eigenvalue weighted by molar-refractivity contribution is 0.593. The Labute approximate surface area is 103 Å². The number of benzene rings is 1. The molecule has 3 atom stereocenters. The van der Waals surface area contributed by atoms with E-state index in [9.17, 15) is 8.42 Å². The molecule has 0 aliphatic heterocycles. The van der Waals surface area contributed by atoms with E-state index in [0.29, 0.717) is 6.54 Å². The molecule has 3 nitrogen and oxygen atoms in total. The third-order valence-electron chi connectivity index (χ3n) is 3.65. The van der Waals surface area contributed by atoms with Crippen molar-refractivity contribution < 1.29 is 8.42 Å². The minimum Gasteiger partial charge on any atom is -0.330 e. The van der Waals surface area contributed by atoms with Crippen molar-refractivity contribution in [1.29, 1.82) is 0 Å². The Morgan fingerprint density at radius 1 is 1.24 bits per heavy atom. The second-order valence-corrected chi connectivity index (χ2v) is 7.20. The van der Waals surface area contributed by atoms with E-state index in [1.807, 2.05) is 31.2 Å². The molecule has 0 unspecified atom stereocenters. The first-order valence-corrected chi connectivity index (χ1v) is 7.71. The van der Waals surface area contributed by atoms with Crippen molar-refractivity contribution in [1.82, 2.24) is 0 Å². The fourth-order valence-corrected chi connectivity index (χ4v) is 4.44. The van der Waals surface area contributed by atoms with Gasteiger partial charge in [0.25, 0.3) is 0 Å². The zero-order valence-electron chi connectivity index (χ0n) is 10.3. The van der Waals surface area contributed by atoms with Gasteiger partial charge in [0.15, 0.2) is 9.84 Å². The maximum atomic E-state index is 11.9. The molecule has 2 N–H and O–H groups in total. The summed E-state index contributed by atoms with van der Waals surface area (Å²) in [5.41, 5.74) is 7.96. The van der Waals surface area contributed by atoms with Crippen molar-refractivity contribution in [3.63, 3.8) is 0 Å². The summed E-state index contributed by atoms with van der Waals surface area (Å²) in [5.74, 6) is 0.407. The van der Waals surface area contributed by atoms with Crippen LogP contribution in [-0.4, -0.2) is 26.0 Å². The van der Waals surface area contributed by atoms with Crippen LogP contribution >= 0.6 is 0 Å². The Hall–Kier alpha value is -0.870. The Morgan fingerprint density at radius 3 is 2.29 bits per heavy atom. The zero-order valence-corrected chi connectivity index (χ0v) is 11.1. The van der Waals surface area contributed by atoms with Crippen LogP contribution in [0.15, 0.2) is 24.3 Å². The summed E-state index contributed by atoms with van der Waals surface area (Å²) in [6.45, 7) is 4.17. The van der Waals surface area contributed by atoms with Crippen molar-refractivity contribution in [3.05, 3.63) is 35.4 Å². The van der Waals surface area contributed by atoms with Crippen molar-refractivity contribution >= 4 is 9.84 Å². The van der Waals surface area contributed by atoms with Crippen LogP contribution in [0.2, 0.25) is 0 Å². The molecule has 1 saturated carbocycles. The van der Waals surface area contributed by atoms with Gasteiger partial charge in [-0.3, -0.25) is 0 Å². The summed E-state index contributed by atoms with van der Waals surface area (Å²) in [6, 6.07) is 8.09. The molecular formula is C13H19NO2S. The molecule has 0 saturated heterocycles. The van der Waals surface area contributed by atoms with Crippen molar-refractivity contribution in [2.45, 2.75) is 25.0 Å². The summed E-state index contributed by atoms with van der Waals surface area (Å²) in [6.07, 6.45) is 0. The van der Waals surface area contributed by atoms with Crippen molar-refractivity contribution in [2.24, 2.45) is 11.7 Å². The van der Waals surface area contributed by atoms with Gasteiger partial charge in [0.05, 0.1) is 5.25 Å². The maximum absolute atomic E-state index is 11.9. The molecule has 0 spiro atoms. The lowest BCUT2D eigenvalue weighted by atomic mass is 10.1. The van der Waals surface area contributed by atoms with Crippen LogP contribution in [-0.2, 0) is 9.84 Å². The molecule has 1 fully saturated rings. The van der Waals surface area contributed by atoms with Gasteiger partial charge < -0.3 is 5.73 Å². The largest absolute Gasteiger partial charge is 0.330 e. The summed E-state index contributed by atoms with van der Waals surface area (Å²) >= 11 is 0. The van der Waals surface area contributed by atoms with Crippen LogP contribution in [0.4, 0.5) is 0 Å². The number of hydrogen-bond acceptors (Lipinski definition) is 3. The minimum atomic E-state index is -2.97. The van der Waals surface area contributed by atoms with Crippen LogP contribution in [0.1, 0.15) is 24.0 Å². The predicted molar refractivity (Wildman–Crippen MR) is 69.7 cm³/mol. The monoisotopic (exact) mass is 253 g/mol. The highest BCUT2D eigenvalue weighted by atomic mass is 32.2. The number of sulfone groups is 1. The number of rotatable bonds is 4. The molecule has 0 amide bonds. The van der Waals surface area contributed by atoms with Gasteiger partial charge in [0.2, 0.25) is 0 Å². The first-order valence-electron chi connectivity index (χ1n) is 5.99. The van der Waals surface area contributed by atoms with E-state index in [0.717, 1.165) is 5.56 Å². The molecular weight excluding hydrogens is 234 g/mol. The second kappa shape index (κ2) is 4.42. The van der Waals surface area contributed by atoms with E-state index in [-0.39, 0.29) is 22.8 Å². The van der Waals surface area contributed by atoms with Gasteiger partial charge >= 0.3 is 0 Å². The topological polar surface area (TPSA) is 60.2 Å². The van der Waals surface area contributed by atoms with Gasteiger partial charge in [0, 0.05) is 11.7 Å². The molecule has 1 aromatic rings. The Morgan fingerprint density at radius 2 is 1.82 bits per heavy atom. The summed E-state index contributed by atoms with van der Waals surface area (Å²) in [5, 5.41) is -0.264. The van der Waals surface area contributed by atoms with E-state index in [4.69, 9.17) is 5.73 Å². The third-order valence-corrected chi connectivity index (χ3v) is 5.92. The second-order valence-electron chi connectivity index (χ2n) is 4.75. The molecule has 0 radical (unpaired) electrons. The predicted octanol–water partition coefficient (Wildman–Crippen LogP) is 1.47. The number of hydrogen-bond donors (Lipinski definition) is 1. The number of aryl methyl sites for hydroxylation is 1. The summed E-state index contributed by atoms with van der Waals surface area (Å²) < 4.78 is 23.9. The molecule has 1 aliphatic carbocycles. The summed E-state index contributed by atoms with van der Waals surface area (Å²) in [7, 11) is -2.97. The van der Waals surface area contributed by atoms with Crippen molar-refractivity contribution in [2.75, 3.05) is 12.3 Å². The maximum Gasteiger partial charge on any atom is 0.153 e. The summed E-state index contributed by atoms with van der Waals surface area (Å²) in [4.78, 5) is 0. The van der Waals surface area contributed by atoms with Crippen LogP contribution in [0.25, 0.3) is 0 Å². The highest BCUT2D eigenvalue weighted by Gasteiger charge is 2.56. The van der Waals surface area contributed by atoms with Crippen LogP contribution in [0.5, 0.6) is 0 Å². The standard InChI is InChI=1S/C13H19NO2S/c1-3-17(15,16)13-11(8-14)12(13)10-6-4-9(2)5-7-10/h4-7,11-13H,3,8,14H2,1-2H3/t11-,12-,13+/m0/s1. The highest BCUT2D eigenvalue weighted by Crippen LogP contribution is 2.51. The smallest absolute Gasteiger partial charge is 0.153 e. The van der Waals surface area contributed by atoms with E-state index in [1.165, 1.54) is 5.56 Å². The Balaban J connectivity index is 2.26. The Bertz CT molecular complexity index is 493. The van der Waals surface area contributed by atoms with E-state index < -0.39 is 9.84 Å². The molecule has 17 heavy (non-hydrogen) atoms. The average molecular weight is 253 g/mol. The quantitative estimate of drug-likeness (QED) is 0.884. The first kappa shape index (κ1) is 12.6.